The van der Waals surface area contributed by atoms with Crippen LogP contribution in [-0.2, 0) is 14.3 Å². The number of benzene rings is 2. The maximum absolute atomic E-state index is 12.5. The molecule has 5 nitrogen and oxygen atoms in total. The summed E-state index contributed by atoms with van der Waals surface area (Å²) < 4.78 is 5.28. The van der Waals surface area contributed by atoms with Crippen LogP contribution in [0, 0.1) is 0 Å². The summed E-state index contributed by atoms with van der Waals surface area (Å²) in [4.78, 5) is 26.6. The summed E-state index contributed by atoms with van der Waals surface area (Å²) >= 11 is 0. The number of rotatable bonds is 7. The van der Waals surface area contributed by atoms with E-state index < -0.39 is 5.97 Å². The molecule has 2 aromatic carbocycles. The van der Waals surface area contributed by atoms with E-state index in [9.17, 15) is 9.59 Å². The largest absolute Gasteiger partial charge is 0.454 e. The minimum Gasteiger partial charge on any atom is -0.454 e. The van der Waals surface area contributed by atoms with E-state index in [0.717, 1.165) is 37.1 Å². The average Bonchev–Trinajstić information content (AvgIpc) is 2.73. The minimum absolute atomic E-state index is 0.0464. The first-order chi connectivity index (χ1) is 14.2. The van der Waals surface area contributed by atoms with Crippen LogP contribution in [0.1, 0.15) is 44.9 Å². The molecule has 0 bridgehead atoms. The van der Waals surface area contributed by atoms with E-state index in [1.165, 1.54) is 19.3 Å². The zero-order valence-electron chi connectivity index (χ0n) is 16.9. The Bertz CT molecular complexity index is 717. The van der Waals surface area contributed by atoms with Gasteiger partial charge in [-0.3, -0.25) is 9.59 Å². The molecule has 0 heterocycles. The smallest absolute Gasteiger partial charge is 0.326 e. The van der Waals surface area contributed by atoms with Gasteiger partial charge in [0.1, 0.15) is 6.54 Å². The van der Waals surface area contributed by atoms with Crippen molar-refractivity contribution in [3.05, 3.63) is 60.7 Å². The number of carbonyl (C=O) groups is 2. The molecule has 1 amide bonds. The fourth-order valence-corrected chi connectivity index (χ4v) is 3.74. The molecule has 0 aromatic heterocycles. The van der Waals surface area contributed by atoms with E-state index in [4.69, 9.17) is 4.74 Å². The molecule has 1 N–H and O–H groups in total. The number of esters is 1. The van der Waals surface area contributed by atoms with Gasteiger partial charge in [-0.15, -0.1) is 0 Å². The van der Waals surface area contributed by atoms with Gasteiger partial charge in [0.2, 0.25) is 0 Å². The van der Waals surface area contributed by atoms with Crippen LogP contribution >= 0.6 is 0 Å². The molecular weight excluding hydrogens is 364 g/mol. The van der Waals surface area contributed by atoms with Gasteiger partial charge in [-0.25, -0.2) is 0 Å². The van der Waals surface area contributed by atoms with Crippen molar-refractivity contribution in [2.75, 3.05) is 18.1 Å². The zero-order chi connectivity index (χ0) is 20.3. The van der Waals surface area contributed by atoms with Crippen molar-refractivity contribution in [2.24, 2.45) is 0 Å². The Morgan fingerprint density at radius 2 is 1.34 bits per heavy atom. The lowest BCUT2D eigenvalue weighted by Crippen LogP contribution is -2.38. The van der Waals surface area contributed by atoms with E-state index in [1.807, 2.05) is 65.6 Å². The van der Waals surface area contributed by atoms with Crippen molar-refractivity contribution in [1.82, 2.24) is 5.32 Å². The molecule has 0 aliphatic heterocycles. The molecule has 2 aromatic rings. The molecule has 1 fully saturated rings. The summed E-state index contributed by atoms with van der Waals surface area (Å²) in [5.74, 6) is -0.639. The first-order valence-electron chi connectivity index (χ1n) is 10.5. The minimum atomic E-state index is -0.425. The van der Waals surface area contributed by atoms with Gasteiger partial charge < -0.3 is 15.0 Å². The highest BCUT2D eigenvalue weighted by Gasteiger charge is 2.18. The van der Waals surface area contributed by atoms with Crippen LogP contribution in [0.5, 0.6) is 0 Å². The Kier molecular flexibility index (Phi) is 8.11. The molecule has 3 rings (SSSR count). The SMILES string of the molecule is O=C(COC(=O)CN(c1ccccc1)c1ccccc1)NC1CCCCCCC1. The molecule has 154 valence electrons. The van der Waals surface area contributed by atoms with Gasteiger partial charge in [-0.1, -0.05) is 68.5 Å². The third-order valence-corrected chi connectivity index (χ3v) is 5.26. The van der Waals surface area contributed by atoms with Crippen molar-refractivity contribution in [1.29, 1.82) is 0 Å². The maximum atomic E-state index is 12.5. The lowest BCUT2D eigenvalue weighted by molar-refractivity contribution is -0.147. The zero-order valence-corrected chi connectivity index (χ0v) is 16.9. The average molecular weight is 395 g/mol. The Balaban J connectivity index is 1.53. The molecule has 5 heteroatoms. The molecule has 0 atom stereocenters. The van der Waals surface area contributed by atoms with Gasteiger partial charge in [0.05, 0.1) is 0 Å². The summed E-state index contributed by atoms with van der Waals surface area (Å²) in [6, 6.07) is 19.6. The number of nitrogens with zero attached hydrogens (tertiary/aromatic N) is 1. The molecule has 1 aliphatic carbocycles. The van der Waals surface area contributed by atoms with E-state index in [2.05, 4.69) is 5.32 Å². The topological polar surface area (TPSA) is 58.6 Å². The summed E-state index contributed by atoms with van der Waals surface area (Å²) in [5.41, 5.74) is 1.80. The number of carbonyl (C=O) groups excluding carboxylic acids is 2. The first kappa shape index (κ1) is 20.9. The van der Waals surface area contributed by atoms with Crippen LogP contribution in [0.25, 0.3) is 0 Å². The monoisotopic (exact) mass is 394 g/mol. The Morgan fingerprint density at radius 1 is 0.828 bits per heavy atom. The third kappa shape index (κ3) is 6.93. The number of anilines is 2. The number of nitrogens with one attached hydrogen (secondary N) is 1. The fraction of sp³-hybridized carbons (Fsp3) is 0.417. The fourth-order valence-electron chi connectivity index (χ4n) is 3.74. The van der Waals surface area contributed by atoms with Crippen molar-refractivity contribution >= 4 is 23.3 Å². The maximum Gasteiger partial charge on any atom is 0.326 e. The van der Waals surface area contributed by atoms with E-state index in [1.54, 1.807) is 0 Å². The van der Waals surface area contributed by atoms with Crippen LogP contribution in [-0.4, -0.2) is 31.1 Å². The molecule has 1 aliphatic rings. The van der Waals surface area contributed by atoms with E-state index in [0.29, 0.717) is 0 Å². The number of ether oxygens (including phenoxy) is 1. The van der Waals surface area contributed by atoms with Crippen LogP contribution in [0.2, 0.25) is 0 Å². The van der Waals surface area contributed by atoms with Crippen molar-refractivity contribution in [3.63, 3.8) is 0 Å². The lowest BCUT2D eigenvalue weighted by Gasteiger charge is -2.24. The Hall–Kier alpha value is -2.82. The third-order valence-electron chi connectivity index (χ3n) is 5.26. The van der Waals surface area contributed by atoms with Crippen molar-refractivity contribution in [3.8, 4) is 0 Å². The number of hydrogen-bond donors (Lipinski definition) is 1. The molecule has 1 saturated carbocycles. The van der Waals surface area contributed by atoms with Crippen LogP contribution in [0.4, 0.5) is 11.4 Å². The predicted molar refractivity (Wildman–Crippen MR) is 115 cm³/mol. The molecule has 29 heavy (non-hydrogen) atoms. The quantitative estimate of drug-likeness (QED) is 0.698. The van der Waals surface area contributed by atoms with Crippen molar-refractivity contribution in [2.45, 2.75) is 51.0 Å². The number of hydrogen-bond acceptors (Lipinski definition) is 4. The molecule has 0 radical (unpaired) electrons. The van der Waals surface area contributed by atoms with E-state index >= 15 is 0 Å². The van der Waals surface area contributed by atoms with E-state index in [-0.39, 0.29) is 25.1 Å². The highest BCUT2D eigenvalue weighted by molar-refractivity contribution is 5.84. The normalized spacial score (nSPS) is 15.0. The second-order valence-electron chi connectivity index (χ2n) is 7.53. The van der Waals surface area contributed by atoms with Gasteiger partial charge in [0, 0.05) is 17.4 Å². The first-order valence-corrected chi connectivity index (χ1v) is 10.5. The Morgan fingerprint density at radius 3 is 1.90 bits per heavy atom. The van der Waals surface area contributed by atoms with Gasteiger partial charge in [-0.2, -0.15) is 0 Å². The molecular formula is C24H30N2O3. The van der Waals surface area contributed by atoms with Gasteiger partial charge >= 0.3 is 5.97 Å². The number of amides is 1. The van der Waals surface area contributed by atoms with Gasteiger partial charge in [0.15, 0.2) is 6.61 Å². The summed E-state index contributed by atoms with van der Waals surface area (Å²) in [5, 5.41) is 3.03. The summed E-state index contributed by atoms with van der Waals surface area (Å²) in [6.45, 7) is -0.183. The highest BCUT2D eigenvalue weighted by Crippen LogP contribution is 2.24. The van der Waals surface area contributed by atoms with Crippen LogP contribution < -0.4 is 10.2 Å². The van der Waals surface area contributed by atoms with Crippen molar-refractivity contribution < 1.29 is 14.3 Å². The summed E-state index contributed by atoms with van der Waals surface area (Å²) in [7, 11) is 0. The second kappa shape index (κ2) is 11.2. The predicted octanol–water partition coefficient (Wildman–Crippen LogP) is 4.60. The summed E-state index contributed by atoms with van der Waals surface area (Å²) in [6.07, 6.45) is 8.07. The van der Waals surface area contributed by atoms with Gasteiger partial charge in [0.25, 0.3) is 5.91 Å². The molecule has 0 spiro atoms. The van der Waals surface area contributed by atoms with Crippen LogP contribution in [0.3, 0.4) is 0 Å². The standard InChI is InChI=1S/C24H30N2O3/c27-23(25-20-12-6-2-1-3-7-13-20)19-29-24(28)18-26(21-14-8-4-9-15-21)22-16-10-5-11-17-22/h4-5,8-11,14-17,20H,1-3,6-7,12-13,18-19H2,(H,25,27). The van der Waals surface area contributed by atoms with Gasteiger partial charge in [-0.05, 0) is 37.1 Å². The second-order valence-corrected chi connectivity index (χ2v) is 7.53. The molecule has 0 saturated heterocycles. The lowest BCUT2D eigenvalue weighted by atomic mass is 9.97. The van der Waals surface area contributed by atoms with Crippen LogP contribution in [0.15, 0.2) is 60.7 Å². The Labute approximate surface area is 173 Å². The highest BCUT2D eigenvalue weighted by atomic mass is 16.5. The number of para-hydroxylation sites is 2. The molecule has 0 unspecified atom stereocenters.